The summed E-state index contributed by atoms with van der Waals surface area (Å²) in [6.45, 7) is 11.3. The first-order valence-electron chi connectivity index (χ1n) is 6.66. The molecule has 0 bridgehead atoms. The molecule has 1 aliphatic rings. The number of methoxy groups -OCH3 is 2. The number of carbonyl (C=O) groups excluding carboxylic acids is 2. The maximum absolute atomic E-state index is 12.8. The first kappa shape index (κ1) is 16.2. The SMILES string of the molecule is COC(=O)C1C(C)C(C)(OC)C(=O)C(C)(C)C1(C)C. The van der Waals surface area contributed by atoms with Crippen LogP contribution < -0.4 is 0 Å². The van der Waals surface area contributed by atoms with Crippen molar-refractivity contribution in [2.75, 3.05) is 14.2 Å². The van der Waals surface area contributed by atoms with Gasteiger partial charge in [0.15, 0.2) is 5.78 Å². The van der Waals surface area contributed by atoms with Gasteiger partial charge in [0, 0.05) is 18.4 Å². The standard InChI is InChI=1S/C15H26O4/c1-9-10(11(16)18-7)13(2,3)14(4,5)12(17)15(9,6)19-8/h9-10H,1-8H3. The van der Waals surface area contributed by atoms with Gasteiger partial charge in [0.05, 0.1) is 13.0 Å². The van der Waals surface area contributed by atoms with Crippen LogP contribution in [0.4, 0.5) is 0 Å². The van der Waals surface area contributed by atoms with Gasteiger partial charge in [-0.2, -0.15) is 0 Å². The van der Waals surface area contributed by atoms with E-state index in [1.165, 1.54) is 14.2 Å². The van der Waals surface area contributed by atoms with Gasteiger partial charge in [-0.1, -0.05) is 34.6 Å². The van der Waals surface area contributed by atoms with Crippen molar-refractivity contribution in [2.45, 2.75) is 47.1 Å². The van der Waals surface area contributed by atoms with Crippen LogP contribution in [0.3, 0.4) is 0 Å². The number of hydrogen-bond donors (Lipinski definition) is 0. The molecule has 19 heavy (non-hydrogen) atoms. The van der Waals surface area contributed by atoms with Gasteiger partial charge in [-0.15, -0.1) is 0 Å². The topological polar surface area (TPSA) is 52.6 Å². The number of Topliss-reactive ketones (excluding diaryl/α,β-unsaturated/α-hetero) is 1. The van der Waals surface area contributed by atoms with Crippen molar-refractivity contribution in [1.82, 2.24) is 0 Å². The fraction of sp³-hybridized carbons (Fsp3) is 0.867. The second-order valence-electron chi connectivity index (χ2n) is 6.78. The van der Waals surface area contributed by atoms with Crippen molar-refractivity contribution in [1.29, 1.82) is 0 Å². The summed E-state index contributed by atoms with van der Waals surface area (Å²) in [6.07, 6.45) is 0. The third kappa shape index (κ3) is 1.92. The fourth-order valence-electron chi connectivity index (χ4n) is 3.36. The van der Waals surface area contributed by atoms with Gasteiger partial charge in [0.2, 0.25) is 0 Å². The van der Waals surface area contributed by atoms with Gasteiger partial charge < -0.3 is 9.47 Å². The van der Waals surface area contributed by atoms with Crippen molar-refractivity contribution >= 4 is 11.8 Å². The smallest absolute Gasteiger partial charge is 0.309 e. The van der Waals surface area contributed by atoms with Crippen molar-refractivity contribution in [3.05, 3.63) is 0 Å². The summed E-state index contributed by atoms with van der Waals surface area (Å²) in [5, 5.41) is 0. The van der Waals surface area contributed by atoms with Crippen molar-refractivity contribution in [3.8, 4) is 0 Å². The quantitative estimate of drug-likeness (QED) is 0.723. The summed E-state index contributed by atoms with van der Waals surface area (Å²) < 4.78 is 10.5. The van der Waals surface area contributed by atoms with Crippen LogP contribution >= 0.6 is 0 Å². The zero-order valence-corrected chi connectivity index (χ0v) is 13.3. The summed E-state index contributed by atoms with van der Waals surface area (Å²) in [5.41, 5.74) is -2.12. The molecule has 3 atom stereocenters. The highest BCUT2D eigenvalue weighted by Gasteiger charge is 2.65. The predicted octanol–water partition coefficient (Wildman–Crippen LogP) is 2.45. The molecule has 0 aromatic rings. The van der Waals surface area contributed by atoms with E-state index in [4.69, 9.17) is 9.47 Å². The van der Waals surface area contributed by atoms with Gasteiger partial charge in [-0.25, -0.2) is 0 Å². The second kappa shape index (κ2) is 4.58. The highest BCUT2D eigenvalue weighted by molar-refractivity contribution is 5.95. The summed E-state index contributed by atoms with van der Waals surface area (Å²) in [4.78, 5) is 25.0. The van der Waals surface area contributed by atoms with E-state index in [0.717, 1.165) is 0 Å². The normalized spacial score (nSPS) is 36.9. The monoisotopic (exact) mass is 270 g/mol. The number of hydrogen-bond acceptors (Lipinski definition) is 4. The minimum Gasteiger partial charge on any atom is -0.469 e. The Balaban J connectivity index is 3.47. The summed E-state index contributed by atoms with van der Waals surface area (Å²) >= 11 is 0. The molecular formula is C15H26O4. The maximum Gasteiger partial charge on any atom is 0.309 e. The third-order valence-electron chi connectivity index (χ3n) is 5.65. The zero-order chi connectivity index (χ0) is 15.2. The van der Waals surface area contributed by atoms with E-state index in [2.05, 4.69) is 0 Å². The number of rotatable bonds is 2. The molecule has 0 heterocycles. The van der Waals surface area contributed by atoms with Crippen LogP contribution in [-0.2, 0) is 19.1 Å². The molecular weight excluding hydrogens is 244 g/mol. The lowest BCUT2D eigenvalue weighted by Crippen LogP contribution is -2.66. The first-order valence-corrected chi connectivity index (χ1v) is 6.66. The molecule has 0 aromatic heterocycles. The van der Waals surface area contributed by atoms with Crippen LogP contribution in [0.5, 0.6) is 0 Å². The van der Waals surface area contributed by atoms with E-state index >= 15 is 0 Å². The van der Waals surface area contributed by atoms with E-state index < -0.39 is 16.4 Å². The minimum absolute atomic E-state index is 0.0418. The van der Waals surface area contributed by atoms with Crippen LogP contribution in [0.15, 0.2) is 0 Å². The first-order chi connectivity index (χ1) is 8.48. The van der Waals surface area contributed by atoms with Crippen LogP contribution in [-0.4, -0.2) is 31.6 Å². The lowest BCUT2D eigenvalue weighted by atomic mass is 9.47. The molecule has 0 amide bonds. The second-order valence-corrected chi connectivity index (χ2v) is 6.78. The summed E-state index contributed by atoms with van der Waals surface area (Å²) in [7, 11) is 2.91. The van der Waals surface area contributed by atoms with Gasteiger partial charge in [0.1, 0.15) is 5.60 Å². The molecule has 0 N–H and O–H groups in total. The average molecular weight is 270 g/mol. The van der Waals surface area contributed by atoms with Crippen LogP contribution in [0.25, 0.3) is 0 Å². The lowest BCUT2D eigenvalue weighted by molar-refractivity contribution is -0.197. The van der Waals surface area contributed by atoms with Crippen molar-refractivity contribution in [2.24, 2.45) is 22.7 Å². The van der Waals surface area contributed by atoms with E-state index in [-0.39, 0.29) is 23.6 Å². The molecule has 4 nitrogen and oxygen atoms in total. The Bertz CT molecular complexity index is 390. The average Bonchev–Trinajstić information content (AvgIpc) is 2.34. The van der Waals surface area contributed by atoms with Crippen LogP contribution in [0.1, 0.15) is 41.5 Å². The molecule has 1 fully saturated rings. The highest BCUT2D eigenvalue weighted by atomic mass is 16.5. The Morgan fingerprint density at radius 1 is 1.11 bits per heavy atom. The molecule has 110 valence electrons. The number of ketones is 1. The van der Waals surface area contributed by atoms with Crippen molar-refractivity contribution in [3.63, 3.8) is 0 Å². The molecule has 1 aliphatic carbocycles. The Labute approximate surface area is 115 Å². The molecule has 0 aliphatic heterocycles. The van der Waals surface area contributed by atoms with E-state index in [0.29, 0.717) is 0 Å². The Hall–Kier alpha value is -0.900. The lowest BCUT2D eigenvalue weighted by Gasteiger charge is -2.57. The Morgan fingerprint density at radius 2 is 1.58 bits per heavy atom. The van der Waals surface area contributed by atoms with Crippen LogP contribution in [0, 0.1) is 22.7 Å². The Kier molecular flexibility index (Phi) is 3.90. The van der Waals surface area contributed by atoms with Gasteiger partial charge >= 0.3 is 5.97 Å². The predicted molar refractivity (Wildman–Crippen MR) is 72.7 cm³/mol. The molecule has 1 saturated carbocycles. The highest BCUT2D eigenvalue weighted by Crippen LogP contribution is 2.57. The summed E-state index contributed by atoms with van der Waals surface area (Å²) in [6, 6.07) is 0. The van der Waals surface area contributed by atoms with Gasteiger partial charge in [0.25, 0.3) is 0 Å². The molecule has 0 spiro atoms. The summed E-state index contributed by atoms with van der Waals surface area (Å²) in [5.74, 6) is -0.850. The molecule has 4 heteroatoms. The third-order valence-corrected chi connectivity index (χ3v) is 5.65. The largest absolute Gasteiger partial charge is 0.469 e. The molecule has 1 rings (SSSR count). The number of carbonyl (C=O) groups is 2. The van der Waals surface area contributed by atoms with E-state index in [9.17, 15) is 9.59 Å². The number of ether oxygens (including phenoxy) is 2. The molecule has 0 radical (unpaired) electrons. The van der Waals surface area contributed by atoms with Gasteiger partial charge in [-0.3, -0.25) is 9.59 Å². The fourth-order valence-corrected chi connectivity index (χ4v) is 3.36. The Morgan fingerprint density at radius 3 is 1.95 bits per heavy atom. The van der Waals surface area contributed by atoms with Crippen molar-refractivity contribution < 1.29 is 19.1 Å². The van der Waals surface area contributed by atoms with Crippen LogP contribution in [0.2, 0.25) is 0 Å². The number of esters is 1. The zero-order valence-electron chi connectivity index (χ0n) is 13.3. The molecule has 3 unspecified atom stereocenters. The maximum atomic E-state index is 12.8. The van der Waals surface area contributed by atoms with Gasteiger partial charge in [-0.05, 0) is 12.3 Å². The van der Waals surface area contributed by atoms with E-state index in [1.54, 1.807) is 6.92 Å². The van der Waals surface area contributed by atoms with E-state index in [1.807, 2.05) is 34.6 Å². The molecule has 0 aromatic carbocycles. The molecule has 0 saturated heterocycles. The minimum atomic E-state index is -0.960.